The van der Waals surface area contributed by atoms with E-state index in [1.54, 1.807) is 0 Å². The molecule has 1 atom stereocenters. The van der Waals surface area contributed by atoms with Gasteiger partial charge in [-0.1, -0.05) is 60.7 Å². The molecule has 0 aliphatic rings. The van der Waals surface area contributed by atoms with Crippen LogP contribution in [0.1, 0.15) is 11.4 Å². The number of nitrogens with zero attached hydrogens (tertiary/aromatic N) is 2. The van der Waals surface area contributed by atoms with Crippen molar-refractivity contribution in [3.05, 3.63) is 96.3 Å². The Hall–Kier alpha value is -3.11. The molecule has 4 rings (SSSR count). The summed E-state index contributed by atoms with van der Waals surface area (Å²) in [6.45, 7) is 0.701. The monoisotopic (exact) mass is 372 g/mol. The SMILES string of the molecule is O[C@H](COc1ccccc1)Cn1c(CCc2ccccc2)nc2ccccc21. The first-order valence-electron chi connectivity index (χ1n) is 9.63. The summed E-state index contributed by atoms with van der Waals surface area (Å²) in [6.07, 6.45) is 1.12. The summed E-state index contributed by atoms with van der Waals surface area (Å²) in [4.78, 5) is 4.81. The third kappa shape index (κ3) is 4.41. The summed E-state index contributed by atoms with van der Waals surface area (Å²) in [6, 6.07) is 28.1. The highest BCUT2D eigenvalue weighted by atomic mass is 16.5. The number of aliphatic hydroxyl groups excluding tert-OH is 1. The molecule has 0 saturated heterocycles. The van der Waals surface area contributed by atoms with E-state index in [0.29, 0.717) is 6.54 Å². The number of ether oxygens (including phenoxy) is 1. The van der Waals surface area contributed by atoms with Crippen LogP contribution < -0.4 is 4.74 Å². The maximum Gasteiger partial charge on any atom is 0.119 e. The lowest BCUT2D eigenvalue weighted by Crippen LogP contribution is -2.24. The third-order valence-electron chi connectivity index (χ3n) is 4.79. The van der Waals surface area contributed by atoms with Gasteiger partial charge in [0.25, 0.3) is 0 Å². The fourth-order valence-electron chi connectivity index (χ4n) is 3.39. The first kappa shape index (κ1) is 18.3. The minimum absolute atomic E-state index is 0.245. The van der Waals surface area contributed by atoms with Crippen molar-refractivity contribution in [2.75, 3.05) is 6.61 Å². The summed E-state index contributed by atoms with van der Waals surface area (Å²) in [5, 5.41) is 10.6. The highest BCUT2D eigenvalue weighted by Gasteiger charge is 2.15. The van der Waals surface area contributed by atoms with Crippen LogP contribution in [0.15, 0.2) is 84.9 Å². The minimum atomic E-state index is -0.617. The van der Waals surface area contributed by atoms with Crippen LogP contribution in [0.2, 0.25) is 0 Å². The molecule has 3 aromatic carbocycles. The quantitative estimate of drug-likeness (QED) is 0.503. The summed E-state index contributed by atoms with van der Waals surface area (Å²) in [5.41, 5.74) is 3.29. The number of imidazole rings is 1. The van der Waals surface area contributed by atoms with Gasteiger partial charge in [-0.2, -0.15) is 0 Å². The Morgan fingerprint density at radius 2 is 1.50 bits per heavy atom. The Bertz CT molecular complexity index is 1010. The normalized spacial score (nSPS) is 12.2. The van der Waals surface area contributed by atoms with E-state index < -0.39 is 6.10 Å². The van der Waals surface area contributed by atoms with Crippen LogP contribution in [-0.4, -0.2) is 27.4 Å². The summed E-state index contributed by atoms with van der Waals surface area (Å²) < 4.78 is 7.84. The highest BCUT2D eigenvalue weighted by molar-refractivity contribution is 5.75. The van der Waals surface area contributed by atoms with Crippen LogP contribution in [0.3, 0.4) is 0 Å². The zero-order valence-corrected chi connectivity index (χ0v) is 15.7. The lowest BCUT2D eigenvalue weighted by atomic mass is 10.1. The van der Waals surface area contributed by atoms with Crippen LogP contribution >= 0.6 is 0 Å². The number of aliphatic hydroxyl groups is 1. The molecule has 4 aromatic rings. The van der Waals surface area contributed by atoms with E-state index in [9.17, 15) is 5.11 Å². The second-order valence-corrected chi connectivity index (χ2v) is 6.89. The largest absolute Gasteiger partial charge is 0.491 e. The van der Waals surface area contributed by atoms with Crippen LogP contribution in [-0.2, 0) is 19.4 Å². The predicted octanol–water partition coefficient (Wildman–Crippen LogP) is 4.26. The van der Waals surface area contributed by atoms with Crippen molar-refractivity contribution >= 4 is 11.0 Å². The lowest BCUT2D eigenvalue weighted by Gasteiger charge is -2.16. The van der Waals surface area contributed by atoms with Crippen molar-refractivity contribution in [1.82, 2.24) is 9.55 Å². The van der Waals surface area contributed by atoms with Gasteiger partial charge < -0.3 is 14.4 Å². The molecule has 0 bridgehead atoms. The van der Waals surface area contributed by atoms with E-state index in [1.807, 2.05) is 54.6 Å². The smallest absolute Gasteiger partial charge is 0.119 e. The molecule has 0 radical (unpaired) electrons. The van der Waals surface area contributed by atoms with Gasteiger partial charge in [-0.3, -0.25) is 0 Å². The molecule has 0 spiro atoms. The van der Waals surface area contributed by atoms with Gasteiger partial charge in [0, 0.05) is 6.42 Å². The van der Waals surface area contributed by atoms with Gasteiger partial charge in [-0.25, -0.2) is 4.98 Å². The maximum atomic E-state index is 10.6. The van der Waals surface area contributed by atoms with Gasteiger partial charge in [0.05, 0.1) is 17.6 Å². The Kier molecular flexibility index (Phi) is 5.69. The van der Waals surface area contributed by atoms with Crippen molar-refractivity contribution in [3.63, 3.8) is 0 Å². The Labute approximate surface area is 165 Å². The number of hydrogen-bond acceptors (Lipinski definition) is 3. The van der Waals surface area contributed by atoms with E-state index in [4.69, 9.17) is 9.72 Å². The number of aromatic nitrogens is 2. The molecule has 1 heterocycles. The zero-order valence-electron chi connectivity index (χ0n) is 15.7. The molecule has 0 saturated carbocycles. The minimum Gasteiger partial charge on any atom is -0.491 e. The molecule has 0 fully saturated rings. The number of fused-ring (bicyclic) bond motifs is 1. The maximum absolute atomic E-state index is 10.6. The average Bonchev–Trinajstić information content (AvgIpc) is 3.10. The van der Waals surface area contributed by atoms with Crippen LogP contribution in [0.25, 0.3) is 11.0 Å². The van der Waals surface area contributed by atoms with Gasteiger partial charge in [0.15, 0.2) is 0 Å². The van der Waals surface area contributed by atoms with E-state index >= 15 is 0 Å². The molecule has 0 unspecified atom stereocenters. The van der Waals surface area contributed by atoms with Crippen LogP contribution in [0.4, 0.5) is 0 Å². The van der Waals surface area contributed by atoms with E-state index in [0.717, 1.165) is 35.4 Å². The summed E-state index contributed by atoms with van der Waals surface area (Å²) in [5.74, 6) is 1.75. The topological polar surface area (TPSA) is 47.3 Å². The lowest BCUT2D eigenvalue weighted by molar-refractivity contribution is 0.0927. The fourth-order valence-corrected chi connectivity index (χ4v) is 3.39. The molecule has 4 nitrogen and oxygen atoms in total. The average molecular weight is 372 g/mol. The molecule has 142 valence electrons. The standard InChI is InChI=1S/C24H24N2O2/c27-20(18-28-21-11-5-2-6-12-21)17-26-23-14-8-7-13-22(23)25-24(26)16-15-19-9-3-1-4-10-19/h1-14,20,27H,15-18H2/t20-/m0/s1. The second kappa shape index (κ2) is 8.72. The first-order chi connectivity index (χ1) is 13.8. The molecule has 1 aromatic heterocycles. The molecular formula is C24H24N2O2. The van der Waals surface area contributed by atoms with E-state index in [-0.39, 0.29) is 6.61 Å². The van der Waals surface area contributed by atoms with E-state index in [2.05, 4.69) is 34.9 Å². The number of hydrogen-bond donors (Lipinski definition) is 1. The Morgan fingerprint density at radius 1 is 0.821 bits per heavy atom. The molecule has 0 aliphatic carbocycles. The highest BCUT2D eigenvalue weighted by Crippen LogP contribution is 2.19. The molecular weight excluding hydrogens is 348 g/mol. The van der Waals surface area contributed by atoms with Gasteiger partial charge in [0.1, 0.15) is 24.3 Å². The van der Waals surface area contributed by atoms with Crippen molar-refractivity contribution in [2.45, 2.75) is 25.5 Å². The van der Waals surface area contributed by atoms with Gasteiger partial charge in [-0.05, 0) is 36.2 Å². The Morgan fingerprint density at radius 3 is 2.29 bits per heavy atom. The predicted molar refractivity (Wildman–Crippen MR) is 112 cm³/mol. The van der Waals surface area contributed by atoms with Gasteiger partial charge in [-0.15, -0.1) is 0 Å². The fraction of sp³-hybridized carbons (Fsp3) is 0.208. The summed E-state index contributed by atoms with van der Waals surface area (Å²) >= 11 is 0. The van der Waals surface area contributed by atoms with Crippen molar-refractivity contribution in [1.29, 1.82) is 0 Å². The van der Waals surface area contributed by atoms with Crippen LogP contribution in [0, 0.1) is 0 Å². The van der Waals surface area contributed by atoms with Gasteiger partial charge >= 0.3 is 0 Å². The first-order valence-corrected chi connectivity index (χ1v) is 9.63. The number of aryl methyl sites for hydroxylation is 2. The molecule has 0 amide bonds. The third-order valence-corrected chi connectivity index (χ3v) is 4.79. The molecule has 0 aliphatic heterocycles. The number of benzene rings is 3. The molecule has 28 heavy (non-hydrogen) atoms. The Balaban J connectivity index is 1.49. The molecule has 1 N–H and O–H groups in total. The number of rotatable bonds is 8. The van der Waals surface area contributed by atoms with E-state index in [1.165, 1.54) is 5.56 Å². The second-order valence-electron chi connectivity index (χ2n) is 6.89. The summed E-state index contributed by atoms with van der Waals surface area (Å²) in [7, 11) is 0. The number of para-hydroxylation sites is 3. The van der Waals surface area contributed by atoms with Crippen LogP contribution in [0.5, 0.6) is 5.75 Å². The molecule has 4 heteroatoms. The van der Waals surface area contributed by atoms with Crippen molar-refractivity contribution in [2.24, 2.45) is 0 Å². The van der Waals surface area contributed by atoms with Crippen molar-refractivity contribution in [3.8, 4) is 5.75 Å². The van der Waals surface area contributed by atoms with Gasteiger partial charge in [0.2, 0.25) is 0 Å². The zero-order chi connectivity index (χ0) is 19.2. The van der Waals surface area contributed by atoms with Crippen molar-refractivity contribution < 1.29 is 9.84 Å².